The molecule has 0 amide bonds. The largest absolute Gasteiger partial charge is 0.581 e. The zero-order valence-electron chi connectivity index (χ0n) is 18.9. The molecule has 0 N–H and O–H groups in total. The van der Waals surface area contributed by atoms with Crippen molar-refractivity contribution in [2.75, 3.05) is 21.3 Å². The fourth-order valence-corrected chi connectivity index (χ4v) is 4.39. The molecule has 0 radical (unpaired) electrons. The molecule has 0 unspecified atom stereocenters. The minimum absolute atomic E-state index is 0.165. The lowest BCUT2D eigenvalue weighted by molar-refractivity contribution is -0.477. The normalized spacial score (nSPS) is 16.8. The molecule has 0 rings (SSSR count). The Morgan fingerprint density at radius 1 is 0.293 bits per heavy atom. The molecule has 41 heavy (non-hydrogen) atoms. The van der Waals surface area contributed by atoms with Gasteiger partial charge in [0, 0.05) is 21.3 Å². The topological polar surface area (TPSA) is 27.7 Å². The lowest BCUT2D eigenvalue weighted by Gasteiger charge is -2.46. The second kappa shape index (κ2) is 10.0. The molecule has 3 nitrogen and oxygen atoms in total. The summed E-state index contributed by atoms with van der Waals surface area (Å²) in [6.07, 6.45) is -8.11. The van der Waals surface area contributed by atoms with Gasteiger partial charge in [-0.15, -0.1) is 0 Å². The number of hydrogen-bond acceptors (Lipinski definition) is 3. The second-order valence-corrected chi connectivity index (χ2v) is 10.4. The van der Waals surface area contributed by atoms with Crippen LogP contribution >= 0.6 is 0 Å². The molecule has 0 aliphatic carbocycles. The molecule has 0 heterocycles. The third-order valence-corrected chi connectivity index (χ3v) is 7.79. The summed E-state index contributed by atoms with van der Waals surface area (Å²) in [6.45, 7) is 0. The second-order valence-electron chi connectivity index (χ2n) is 7.41. The highest BCUT2D eigenvalue weighted by molar-refractivity contribution is 6.63. The van der Waals surface area contributed by atoms with Gasteiger partial charge in [0.15, 0.2) is 0 Å². The van der Waals surface area contributed by atoms with Gasteiger partial charge in [-0.3, -0.25) is 0 Å². The maximum Gasteiger partial charge on any atom is 0.581 e. The van der Waals surface area contributed by atoms with Crippen molar-refractivity contribution in [1.29, 1.82) is 0 Å². The van der Waals surface area contributed by atoms with Crippen LogP contribution in [0.5, 0.6) is 0 Å². The Morgan fingerprint density at radius 3 is 0.634 bits per heavy atom. The van der Waals surface area contributed by atoms with Crippen LogP contribution in [0.4, 0.5) is 101 Å². The van der Waals surface area contributed by atoms with Gasteiger partial charge in [0.05, 0.1) is 0 Å². The average Bonchev–Trinajstić information content (AvgIpc) is 2.78. The Morgan fingerprint density at radius 2 is 0.463 bits per heavy atom. The molecule has 248 valence electrons. The maximum absolute atomic E-state index is 14.2. The minimum atomic E-state index is -9.45. The summed E-state index contributed by atoms with van der Waals surface area (Å²) in [5.74, 6) is -81.5. The van der Waals surface area contributed by atoms with E-state index in [0.29, 0.717) is 0 Å². The first-order valence-corrected chi connectivity index (χ1v) is 10.7. The van der Waals surface area contributed by atoms with E-state index in [1.807, 2.05) is 0 Å². The maximum atomic E-state index is 14.2. The summed E-state index contributed by atoms with van der Waals surface area (Å²) in [4.78, 5) is 0. The monoisotopic (exact) mass is 690 g/mol. The predicted molar refractivity (Wildman–Crippen MR) is 82.3 cm³/mol. The highest BCUT2D eigenvalue weighted by Gasteiger charge is 3.00. The van der Waals surface area contributed by atoms with Crippen molar-refractivity contribution in [3.8, 4) is 0 Å². The molecule has 0 aromatic rings. The molecule has 0 aliphatic rings. The van der Waals surface area contributed by atoms with Crippen molar-refractivity contribution in [3.05, 3.63) is 0 Å². The molecule has 0 bridgehead atoms. The first-order valence-electron chi connectivity index (χ1n) is 8.93. The van der Waals surface area contributed by atoms with Crippen molar-refractivity contribution in [1.82, 2.24) is 0 Å². The Balaban J connectivity index is 7.40. The van der Waals surface area contributed by atoms with E-state index >= 15 is 0 Å². The van der Waals surface area contributed by atoms with Gasteiger partial charge in [0.25, 0.3) is 0 Å². The van der Waals surface area contributed by atoms with Crippen LogP contribution in [0.25, 0.3) is 0 Å². The van der Waals surface area contributed by atoms with Crippen LogP contribution in [-0.4, -0.2) is 95.2 Å². The first-order chi connectivity index (χ1) is 17.4. The molecule has 0 saturated heterocycles. The van der Waals surface area contributed by atoms with Crippen molar-refractivity contribution in [2.45, 2.75) is 65.0 Å². The first kappa shape index (κ1) is 39.5. The van der Waals surface area contributed by atoms with Gasteiger partial charge in [-0.05, 0) is 0 Å². The molecule has 0 aliphatic heterocycles. The third-order valence-electron chi connectivity index (χ3n) is 5.10. The molecular formula is C14H9F23O3Si. The molecule has 0 atom stereocenters. The van der Waals surface area contributed by atoms with Crippen molar-refractivity contribution >= 4 is 8.80 Å². The van der Waals surface area contributed by atoms with Crippen LogP contribution < -0.4 is 0 Å². The van der Waals surface area contributed by atoms with Gasteiger partial charge >= 0.3 is 73.8 Å². The highest BCUT2D eigenvalue weighted by Crippen LogP contribution is 2.67. The molecule has 0 aromatic heterocycles. The smallest absolute Gasteiger partial charge is 0.373 e. The Labute approximate surface area is 210 Å². The third kappa shape index (κ3) is 4.52. The van der Waals surface area contributed by atoms with Gasteiger partial charge in [-0.2, -0.15) is 101 Å². The SMILES string of the molecule is CO[Si](OC)(OC)C(F)(F)C(F)(F)C(F)(F)C(F)(F)C(F)(F)C(F)(F)C(F)(F)C(F)(F)C(F)(F)C(F)(F)C(F)(F)F. The van der Waals surface area contributed by atoms with Crippen LogP contribution in [0.2, 0.25) is 0 Å². The lowest BCUT2D eigenvalue weighted by Crippen LogP contribution is -2.79. The van der Waals surface area contributed by atoms with E-state index < -0.39 is 73.8 Å². The summed E-state index contributed by atoms with van der Waals surface area (Å²) in [6, 6.07) is 0. The standard InChI is InChI=1S/C14H9F23O3Si/c1-38-41(39-2,40-3)14(36,37)12(31,32)10(27,28)8(23,24)6(19,20)4(15,16)5(17,18)7(21,22)9(25,26)11(29,30)13(33,34)35/h1-3H3. The van der Waals surface area contributed by atoms with Crippen LogP contribution in [0.1, 0.15) is 0 Å². The van der Waals surface area contributed by atoms with Crippen LogP contribution in [0.3, 0.4) is 0 Å². The van der Waals surface area contributed by atoms with Crippen LogP contribution in [-0.2, 0) is 13.3 Å². The molecular weight excluding hydrogens is 681 g/mol. The van der Waals surface area contributed by atoms with Crippen molar-refractivity contribution in [2.24, 2.45) is 0 Å². The van der Waals surface area contributed by atoms with Gasteiger partial charge in [-0.1, -0.05) is 0 Å². The average molecular weight is 690 g/mol. The fraction of sp³-hybridized carbons (Fsp3) is 1.00. The van der Waals surface area contributed by atoms with Gasteiger partial charge in [0.2, 0.25) is 0 Å². The summed E-state index contributed by atoms with van der Waals surface area (Å²) < 4.78 is 319. The predicted octanol–water partition coefficient (Wildman–Crippen LogP) is 7.32. The molecule has 0 fully saturated rings. The minimum Gasteiger partial charge on any atom is -0.373 e. The summed E-state index contributed by atoms with van der Waals surface area (Å²) in [5.41, 5.74) is -7.18. The van der Waals surface area contributed by atoms with Gasteiger partial charge < -0.3 is 13.3 Å². The van der Waals surface area contributed by atoms with E-state index in [1.54, 1.807) is 0 Å². The number of rotatable bonds is 13. The highest BCUT2D eigenvalue weighted by atomic mass is 28.4. The Hall–Kier alpha value is -1.51. The molecule has 0 saturated carbocycles. The molecule has 0 spiro atoms. The van der Waals surface area contributed by atoms with E-state index in [-0.39, 0.29) is 21.3 Å². The van der Waals surface area contributed by atoms with E-state index in [0.717, 1.165) is 0 Å². The Bertz CT molecular complexity index is 876. The number of alkyl halides is 23. The zero-order valence-corrected chi connectivity index (χ0v) is 19.9. The van der Waals surface area contributed by atoms with Crippen molar-refractivity contribution in [3.63, 3.8) is 0 Å². The summed E-state index contributed by atoms with van der Waals surface area (Å²) in [5, 5.41) is 0. The van der Waals surface area contributed by atoms with Gasteiger partial charge in [0.1, 0.15) is 0 Å². The Kier molecular flexibility index (Phi) is 9.65. The van der Waals surface area contributed by atoms with Crippen LogP contribution in [0, 0.1) is 0 Å². The lowest BCUT2D eigenvalue weighted by atomic mass is 9.86. The van der Waals surface area contributed by atoms with Crippen molar-refractivity contribution < 1.29 is 114 Å². The zero-order chi connectivity index (χ0) is 34.1. The quantitative estimate of drug-likeness (QED) is 0.150. The summed E-state index contributed by atoms with van der Waals surface area (Å²) >= 11 is 0. The van der Waals surface area contributed by atoms with E-state index in [1.165, 1.54) is 0 Å². The molecule has 27 heteroatoms. The fourth-order valence-electron chi connectivity index (χ4n) is 2.58. The van der Waals surface area contributed by atoms with E-state index in [4.69, 9.17) is 0 Å². The summed E-state index contributed by atoms with van der Waals surface area (Å²) in [7, 11) is -7.39. The van der Waals surface area contributed by atoms with Crippen LogP contribution in [0.15, 0.2) is 0 Å². The van der Waals surface area contributed by atoms with E-state index in [9.17, 15) is 101 Å². The number of hydrogen-bond donors (Lipinski definition) is 0. The molecule has 0 aromatic carbocycles. The van der Waals surface area contributed by atoms with Gasteiger partial charge in [-0.25, -0.2) is 0 Å². The number of halogens is 23. The van der Waals surface area contributed by atoms with E-state index in [2.05, 4.69) is 13.3 Å².